The summed E-state index contributed by atoms with van der Waals surface area (Å²) in [4.78, 5) is 17.5. The van der Waals surface area contributed by atoms with Crippen LogP contribution in [0.1, 0.15) is 129 Å². The second kappa shape index (κ2) is 23.7. The van der Waals surface area contributed by atoms with E-state index in [4.69, 9.17) is 0 Å². The maximum atomic E-state index is 12.6. The van der Waals surface area contributed by atoms with Crippen LogP contribution in [0.2, 0.25) is 0 Å². The first-order valence-electron chi connectivity index (χ1n) is 15.5. The van der Waals surface area contributed by atoms with E-state index in [1.807, 2.05) is 0 Å². The van der Waals surface area contributed by atoms with Gasteiger partial charge in [0.25, 0.3) is 0 Å². The molecule has 0 bridgehead atoms. The molecule has 1 saturated heterocycles. The molecule has 1 rings (SSSR count). The molecule has 0 radical (unpaired) electrons. The first-order valence-corrected chi connectivity index (χ1v) is 15.5. The largest absolute Gasteiger partial charge is 0.356 e. The molecule has 35 heavy (non-hydrogen) atoms. The second-order valence-corrected chi connectivity index (χ2v) is 11.2. The molecule has 1 atom stereocenters. The number of hydrogen-bond donors (Lipinski definition) is 2. The van der Waals surface area contributed by atoms with Crippen LogP contribution in [-0.4, -0.2) is 75.1 Å². The molecule has 1 fully saturated rings. The van der Waals surface area contributed by atoms with E-state index in [9.17, 15) is 4.79 Å². The summed E-state index contributed by atoms with van der Waals surface area (Å²) in [5.41, 5.74) is 0. The van der Waals surface area contributed by atoms with Crippen molar-refractivity contribution in [1.29, 1.82) is 0 Å². The highest BCUT2D eigenvalue weighted by atomic mass is 16.1. The Balaban J connectivity index is 2.23. The van der Waals surface area contributed by atoms with Crippen LogP contribution in [0.25, 0.3) is 0 Å². The van der Waals surface area contributed by atoms with E-state index in [1.165, 1.54) is 96.3 Å². The van der Waals surface area contributed by atoms with E-state index in [-0.39, 0.29) is 5.91 Å². The fraction of sp³-hybridized carbons (Fsp3) is 0.967. The van der Waals surface area contributed by atoms with Gasteiger partial charge in [-0.3, -0.25) is 4.79 Å². The summed E-state index contributed by atoms with van der Waals surface area (Å²) < 4.78 is 0. The number of carbonyl (C=O) groups is 1. The molecule has 0 aliphatic carbocycles. The molecule has 0 aromatic heterocycles. The second-order valence-electron chi connectivity index (χ2n) is 11.2. The van der Waals surface area contributed by atoms with Crippen LogP contribution in [0.5, 0.6) is 0 Å². The van der Waals surface area contributed by atoms with E-state index in [1.54, 1.807) is 0 Å². The molecule has 1 heterocycles. The predicted molar refractivity (Wildman–Crippen MR) is 153 cm³/mol. The van der Waals surface area contributed by atoms with Gasteiger partial charge >= 0.3 is 0 Å². The lowest BCUT2D eigenvalue weighted by molar-refractivity contribution is -0.122. The van der Waals surface area contributed by atoms with Crippen LogP contribution in [0.15, 0.2) is 0 Å². The monoisotopic (exact) mass is 494 g/mol. The lowest BCUT2D eigenvalue weighted by Gasteiger charge is -2.28. The highest BCUT2D eigenvalue weighted by Crippen LogP contribution is 2.16. The quantitative estimate of drug-likeness (QED) is 0.275. The Bertz CT molecular complexity index is 473. The minimum Gasteiger partial charge on any atom is -0.356 e. The van der Waals surface area contributed by atoms with Crippen molar-refractivity contribution in [3.63, 3.8) is 0 Å². The normalized spacial score (nSPS) is 21.0. The van der Waals surface area contributed by atoms with E-state index in [0.717, 1.165) is 58.5 Å². The van der Waals surface area contributed by atoms with Gasteiger partial charge in [0.2, 0.25) is 5.91 Å². The summed E-state index contributed by atoms with van der Waals surface area (Å²) in [6.45, 7) is 8.60. The Hall–Kier alpha value is -0.650. The molecule has 0 aromatic carbocycles. The average Bonchev–Trinajstić information content (AvgIpc) is 2.85. The Morgan fingerprint density at radius 3 is 1.89 bits per heavy atom. The van der Waals surface area contributed by atoms with Gasteiger partial charge in [0.15, 0.2) is 0 Å². The van der Waals surface area contributed by atoms with E-state index in [2.05, 4.69) is 41.5 Å². The molecule has 1 aliphatic heterocycles. The minimum absolute atomic E-state index is 0.238. The standard InChI is InChI=1S/C30H62N4O/c1-4-5-6-7-8-9-10-11-12-13-14-15-16-21-29-28-30(35)32-24-20-26-33(2)25-18-17-22-31-23-19-27-34(29)3/h29,31H,4-28H2,1-3H3,(H,32,35)/t29-/m1/s1. The highest BCUT2D eigenvalue weighted by Gasteiger charge is 2.18. The van der Waals surface area contributed by atoms with Gasteiger partial charge in [-0.15, -0.1) is 0 Å². The number of nitrogens with one attached hydrogen (secondary N) is 2. The minimum atomic E-state index is 0.238. The van der Waals surface area contributed by atoms with Gasteiger partial charge in [-0.05, 0) is 78.9 Å². The zero-order valence-corrected chi connectivity index (χ0v) is 24.1. The molecule has 1 aliphatic rings. The number of nitrogens with zero attached hydrogens (tertiary/aromatic N) is 2. The molecule has 0 saturated carbocycles. The van der Waals surface area contributed by atoms with Crippen LogP contribution >= 0.6 is 0 Å². The Morgan fingerprint density at radius 2 is 1.23 bits per heavy atom. The Kier molecular flexibility index (Phi) is 22.0. The third-order valence-corrected chi connectivity index (χ3v) is 7.73. The van der Waals surface area contributed by atoms with Gasteiger partial charge in [-0.25, -0.2) is 0 Å². The van der Waals surface area contributed by atoms with Gasteiger partial charge in [-0.2, -0.15) is 0 Å². The Morgan fingerprint density at radius 1 is 0.686 bits per heavy atom. The first kappa shape index (κ1) is 32.4. The van der Waals surface area contributed by atoms with Crippen LogP contribution in [0.4, 0.5) is 0 Å². The van der Waals surface area contributed by atoms with Crippen molar-refractivity contribution in [2.45, 2.75) is 135 Å². The number of carbonyl (C=O) groups excluding carboxylic acids is 1. The van der Waals surface area contributed by atoms with Crippen LogP contribution in [-0.2, 0) is 4.79 Å². The summed E-state index contributed by atoms with van der Waals surface area (Å²) in [7, 11) is 4.42. The van der Waals surface area contributed by atoms with Crippen molar-refractivity contribution in [2.24, 2.45) is 0 Å². The van der Waals surface area contributed by atoms with Crippen molar-refractivity contribution in [1.82, 2.24) is 20.4 Å². The third-order valence-electron chi connectivity index (χ3n) is 7.73. The van der Waals surface area contributed by atoms with Gasteiger partial charge < -0.3 is 20.4 Å². The maximum Gasteiger partial charge on any atom is 0.221 e. The zero-order chi connectivity index (χ0) is 25.4. The molecule has 5 heteroatoms. The smallest absolute Gasteiger partial charge is 0.221 e. The van der Waals surface area contributed by atoms with Gasteiger partial charge in [0.05, 0.1) is 0 Å². The van der Waals surface area contributed by atoms with Crippen LogP contribution in [0.3, 0.4) is 0 Å². The summed E-state index contributed by atoms with van der Waals surface area (Å²) in [6, 6.07) is 0.376. The van der Waals surface area contributed by atoms with E-state index >= 15 is 0 Å². The number of rotatable bonds is 14. The summed E-state index contributed by atoms with van der Waals surface area (Å²) >= 11 is 0. The Labute approximate surface area is 219 Å². The number of hydrogen-bond acceptors (Lipinski definition) is 4. The van der Waals surface area contributed by atoms with Crippen LogP contribution < -0.4 is 10.6 Å². The van der Waals surface area contributed by atoms with Crippen molar-refractivity contribution >= 4 is 5.91 Å². The molecule has 5 nitrogen and oxygen atoms in total. The fourth-order valence-corrected chi connectivity index (χ4v) is 5.24. The molecular weight excluding hydrogens is 432 g/mol. The van der Waals surface area contributed by atoms with Gasteiger partial charge in [-0.1, -0.05) is 90.4 Å². The van der Waals surface area contributed by atoms with Gasteiger partial charge in [0.1, 0.15) is 0 Å². The van der Waals surface area contributed by atoms with E-state index in [0.29, 0.717) is 12.5 Å². The maximum absolute atomic E-state index is 12.6. The summed E-state index contributed by atoms with van der Waals surface area (Å²) in [5.74, 6) is 0.238. The molecule has 0 unspecified atom stereocenters. The number of amides is 1. The molecular formula is C30H62N4O. The average molecular weight is 495 g/mol. The number of unbranched alkanes of at least 4 members (excludes halogenated alkanes) is 12. The molecule has 208 valence electrons. The topological polar surface area (TPSA) is 47.6 Å². The summed E-state index contributed by atoms with van der Waals surface area (Å²) in [6.07, 6.45) is 24.6. The summed E-state index contributed by atoms with van der Waals surface area (Å²) in [5, 5.41) is 6.80. The lowest BCUT2D eigenvalue weighted by Crippen LogP contribution is -2.39. The molecule has 0 aromatic rings. The van der Waals surface area contributed by atoms with Gasteiger partial charge in [0, 0.05) is 19.0 Å². The fourth-order valence-electron chi connectivity index (χ4n) is 5.24. The lowest BCUT2D eigenvalue weighted by atomic mass is 10.0. The molecule has 1 amide bonds. The van der Waals surface area contributed by atoms with Crippen molar-refractivity contribution in [3.05, 3.63) is 0 Å². The SMILES string of the molecule is CCCCCCCCCCCCCCC[C@@H]1CC(=O)NCCCN(C)CCCCNCCCN1C. The third kappa shape index (κ3) is 20.1. The van der Waals surface area contributed by atoms with Crippen LogP contribution in [0, 0.1) is 0 Å². The van der Waals surface area contributed by atoms with E-state index < -0.39 is 0 Å². The van der Waals surface area contributed by atoms with Crippen molar-refractivity contribution in [3.8, 4) is 0 Å². The van der Waals surface area contributed by atoms with Crippen molar-refractivity contribution in [2.75, 3.05) is 53.4 Å². The highest BCUT2D eigenvalue weighted by molar-refractivity contribution is 5.76. The van der Waals surface area contributed by atoms with Crippen molar-refractivity contribution < 1.29 is 4.79 Å². The predicted octanol–water partition coefficient (Wildman–Crippen LogP) is 6.37. The molecule has 0 spiro atoms. The zero-order valence-electron chi connectivity index (χ0n) is 24.1. The molecule has 2 N–H and O–H groups in total. The first-order chi connectivity index (χ1) is 17.1.